The minimum absolute atomic E-state index is 0.0701. The number of aromatic hydroxyl groups is 1. The molecule has 2 N–H and O–H groups in total. The van der Waals surface area contributed by atoms with Crippen LogP contribution in [0.3, 0.4) is 0 Å². The van der Waals surface area contributed by atoms with Crippen molar-refractivity contribution in [3.63, 3.8) is 0 Å². The van der Waals surface area contributed by atoms with Crippen LogP contribution in [0.1, 0.15) is 68.6 Å². The average molecular weight is 314 g/mol. The summed E-state index contributed by atoms with van der Waals surface area (Å²) >= 11 is 0. The highest BCUT2D eigenvalue weighted by Crippen LogP contribution is 2.77. The number of fused-ring (bicyclic) bond motifs is 2. The van der Waals surface area contributed by atoms with Gasteiger partial charge in [-0.3, -0.25) is 0 Å². The van der Waals surface area contributed by atoms with E-state index in [4.69, 9.17) is 4.74 Å². The molecule has 2 saturated carbocycles. The van der Waals surface area contributed by atoms with E-state index in [0.717, 1.165) is 43.2 Å². The van der Waals surface area contributed by atoms with Crippen molar-refractivity contribution in [3.8, 4) is 11.5 Å². The molecule has 3 heteroatoms. The molecule has 1 aliphatic heterocycles. The number of ether oxygens (including phenoxy) is 1. The molecule has 1 spiro atoms. The highest BCUT2D eigenvalue weighted by molar-refractivity contribution is 5.59. The zero-order valence-electron chi connectivity index (χ0n) is 14.1. The first kappa shape index (κ1) is 14.2. The molecule has 0 aromatic heterocycles. The Morgan fingerprint density at radius 1 is 1.26 bits per heavy atom. The van der Waals surface area contributed by atoms with Crippen molar-refractivity contribution in [3.05, 3.63) is 22.8 Å². The van der Waals surface area contributed by atoms with Crippen LogP contribution >= 0.6 is 0 Å². The number of aryl methyl sites for hydroxylation is 1. The van der Waals surface area contributed by atoms with Crippen LogP contribution in [0.2, 0.25) is 0 Å². The van der Waals surface area contributed by atoms with E-state index in [9.17, 15) is 10.2 Å². The van der Waals surface area contributed by atoms with E-state index in [2.05, 4.69) is 19.9 Å². The highest BCUT2D eigenvalue weighted by Gasteiger charge is 2.74. The van der Waals surface area contributed by atoms with Crippen LogP contribution in [0, 0.1) is 10.8 Å². The molecule has 3 nitrogen and oxygen atoms in total. The van der Waals surface area contributed by atoms with Gasteiger partial charge in [-0.2, -0.15) is 0 Å². The summed E-state index contributed by atoms with van der Waals surface area (Å²) in [5.74, 6) is 1.32. The molecular formula is C20H26O3. The van der Waals surface area contributed by atoms with Crippen LogP contribution in [-0.2, 0) is 12.8 Å². The van der Waals surface area contributed by atoms with E-state index in [1.807, 2.05) is 0 Å². The van der Waals surface area contributed by atoms with Gasteiger partial charge in [-0.25, -0.2) is 0 Å². The Bertz CT molecular complexity index is 711. The van der Waals surface area contributed by atoms with Gasteiger partial charge < -0.3 is 14.9 Å². The lowest BCUT2D eigenvalue weighted by Gasteiger charge is -2.43. The lowest BCUT2D eigenvalue weighted by molar-refractivity contribution is -0.0785. The fourth-order valence-corrected chi connectivity index (χ4v) is 6.21. The van der Waals surface area contributed by atoms with Gasteiger partial charge in [-0.05, 0) is 49.5 Å². The second-order valence-electron chi connectivity index (χ2n) is 8.87. The zero-order chi connectivity index (χ0) is 16.0. The Kier molecular flexibility index (Phi) is 2.49. The second kappa shape index (κ2) is 4.05. The summed E-state index contributed by atoms with van der Waals surface area (Å²) in [6.07, 6.45) is 6.99. The molecule has 23 heavy (non-hydrogen) atoms. The topological polar surface area (TPSA) is 49.7 Å². The Labute approximate surface area is 137 Å². The van der Waals surface area contributed by atoms with Gasteiger partial charge in [-0.1, -0.05) is 19.9 Å². The van der Waals surface area contributed by atoms with Crippen molar-refractivity contribution < 1.29 is 14.9 Å². The predicted molar refractivity (Wildman–Crippen MR) is 88.0 cm³/mol. The quantitative estimate of drug-likeness (QED) is 0.768. The molecule has 0 saturated heterocycles. The van der Waals surface area contributed by atoms with Crippen LogP contribution in [0.15, 0.2) is 6.07 Å². The molecule has 3 aliphatic carbocycles. The van der Waals surface area contributed by atoms with Crippen molar-refractivity contribution in [2.24, 2.45) is 10.8 Å². The Balaban J connectivity index is 1.64. The third-order valence-corrected chi connectivity index (χ3v) is 7.71. The van der Waals surface area contributed by atoms with Crippen molar-refractivity contribution in [1.82, 2.24) is 0 Å². The normalized spacial score (nSPS) is 43.5. The van der Waals surface area contributed by atoms with E-state index in [-0.39, 0.29) is 5.41 Å². The molecule has 0 bridgehead atoms. The summed E-state index contributed by atoms with van der Waals surface area (Å²) in [7, 11) is 0. The molecule has 0 radical (unpaired) electrons. The molecule has 5 rings (SSSR count). The van der Waals surface area contributed by atoms with Gasteiger partial charge >= 0.3 is 0 Å². The van der Waals surface area contributed by atoms with Gasteiger partial charge in [0.15, 0.2) is 11.5 Å². The second-order valence-corrected chi connectivity index (χ2v) is 8.87. The van der Waals surface area contributed by atoms with E-state index < -0.39 is 5.60 Å². The standard InChI is InChI=1S/C20H26O3/c1-12-10-23-17-14(12)8-13-4-7-19-11-18(19,2)5-3-6-20(19,22)9-15(13)16(17)21/h8,12,21-22H,3-7,9-11H2,1-2H3/t12-,18-,19+,20-/m0/s1. The lowest BCUT2D eigenvalue weighted by Crippen LogP contribution is -2.46. The largest absolute Gasteiger partial charge is 0.504 e. The SMILES string of the molecule is C[C@H]1COc2c1cc1c(c2O)C[C@@]2(O)CCC[C@@]3(C)C[C@]32CC1. The van der Waals surface area contributed by atoms with Crippen LogP contribution in [0.4, 0.5) is 0 Å². The van der Waals surface area contributed by atoms with Crippen molar-refractivity contribution in [2.45, 2.75) is 70.3 Å². The van der Waals surface area contributed by atoms with Gasteiger partial charge in [0.05, 0.1) is 12.2 Å². The zero-order valence-corrected chi connectivity index (χ0v) is 14.1. The first-order valence-corrected chi connectivity index (χ1v) is 9.12. The monoisotopic (exact) mass is 314 g/mol. The van der Waals surface area contributed by atoms with Crippen molar-refractivity contribution in [1.29, 1.82) is 0 Å². The molecule has 124 valence electrons. The molecule has 4 aliphatic rings. The van der Waals surface area contributed by atoms with Crippen LogP contribution in [-0.4, -0.2) is 22.4 Å². The first-order valence-electron chi connectivity index (χ1n) is 9.12. The summed E-state index contributed by atoms with van der Waals surface area (Å²) in [6.45, 7) is 5.16. The number of phenolic OH excluding ortho intramolecular Hbond substituents is 1. The Hall–Kier alpha value is -1.22. The molecule has 1 aromatic rings. The van der Waals surface area contributed by atoms with Crippen LogP contribution in [0.5, 0.6) is 11.5 Å². The maximum atomic E-state index is 11.6. The third-order valence-electron chi connectivity index (χ3n) is 7.71. The average Bonchev–Trinajstić information content (AvgIpc) is 3.02. The molecule has 2 fully saturated rings. The molecule has 4 atom stereocenters. The summed E-state index contributed by atoms with van der Waals surface area (Å²) in [4.78, 5) is 0. The number of benzene rings is 1. The van der Waals surface area contributed by atoms with Gasteiger partial charge in [0.25, 0.3) is 0 Å². The smallest absolute Gasteiger partial charge is 0.164 e. The number of hydrogen-bond donors (Lipinski definition) is 2. The molecular weight excluding hydrogens is 288 g/mol. The lowest BCUT2D eigenvalue weighted by atomic mass is 9.66. The van der Waals surface area contributed by atoms with E-state index >= 15 is 0 Å². The number of phenols is 1. The first-order chi connectivity index (χ1) is 10.9. The molecule has 0 amide bonds. The number of hydrogen-bond acceptors (Lipinski definition) is 3. The van der Waals surface area contributed by atoms with Crippen molar-refractivity contribution in [2.75, 3.05) is 6.61 Å². The summed E-state index contributed by atoms with van der Waals surface area (Å²) < 4.78 is 5.74. The molecule has 0 unspecified atom stereocenters. The maximum absolute atomic E-state index is 11.6. The maximum Gasteiger partial charge on any atom is 0.164 e. The summed E-state index contributed by atoms with van der Waals surface area (Å²) in [5.41, 5.74) is 3.07. The molecule has 1 heterocycles. The minimum Gasteiger partial charge on any atom is -0.504 e. The summed E-state index contributed by atoms with van der Waals surface area (Å²) in [5, 5.41) is 22.4. The number of rotatable bonds is 0. The van der Waals surface area contributed by atoms with Gasteiger partial charge in [0.1, 0.15) is 0 Å². The van der Waals surface area contributed by atoms with Gasteiger partial charge in [-0.15, -0.1) is 0 Å². The Morgan fingerprint density at radius 3 is 2.91 bits per heavy atom. The van der Waals surface area contributed by atoms with E-state index in [1.165, 1.54) is 12.0 Å². The van der Waals surface area contributed by atoms with E-state index in [0.29, 0.717) is 35.9 Å². The fraction of sp³-hybridized carbons (Fsp3) is 0.700. The third kappa shape index (κ3) is 1.55. The Morgan fingerprint density at radius 2 is 2.09 bits per heavy atom. The fourth-order valence-electron chi connectivity index (χ4n) is 6.21. The highest BCUT2D eigenvalue weighted by atomic mass is 16.5. The number of aliphatic hydroxyl groups is 1. The van der Waals surface area contributed by atoms with Crippen LogP contribution in [0.25, 0.3) is 0 Å². The summed E-state index contributed by atoms with van der Waals surface area (Å²) in [6, 6.07) is 2.25. The van der Waals surface area contributed by atoms with E-state index in [1.54, 1.807) is 0 Å². The predicted octanol–water partition coefficient (Wildman–Crippen LogP) is 3.69. The van der Waals surface area contributed by atoms with Gasteiger partial charge in [0.2, 0.25) is 0 Å². The van der Waals surface area contributed by atoms with Crippen molar-refractivity contribution >= 4 is 0 Å². The minimum atomic E-state index is -0.652. The molecule has 1 aromatic carbocycles. The van der Waals surface area contributed by atoms with Gasteiger partial charge in [0, 0.05) is 28.9 Å². The van der Waals surface area contributed by atoms with Crippen LogP contribution < -0.4 is 4.74 Å².